The van der Waals surface area contributed by atoms with Crippen molar-refractivity contribution in [2.75, 3.05) is 26.4 Å². The van der Waals surface area contributed by atoms with Gasteiger partial charge in [0.1, 0.15) is 17.2 Å². The monoisotopic (exact) mass is 476 g/mol. The Morgan fingerprint density at radius 3 is 2.62 bits per heavy atom. The summed E-state index contributed by atoms with van der Waals surface area (Å²) >= 11 is 6.35. The summed E-state index contributed by atoms with van der Waals surface area (Å²) < 4.78 is 14.6. The second kappa shape index (κ2) is 9.43. The molecule has 2 unspecified atom stereocenters. The van der Waals surface area contributed by atoms with Crippen LogP contribution in [0.25, 0.3) is 11.4 Å². The summed E-state index contributed by atoms with van der Waals surface area (Å²) in [5.74, 6) is -0.549. The molecule has 3 rings (SSSR count). The SMILES string of the molecule is C=CC(=O)N1CC(c2cc(Cl)nc(-c3cc(C(=O)NC)ncn3)c2)N(S(C)=O)C(C)(C)C1. The van der Waals surface area contributed by atoms with Gasteiger partial charge in [-0.25, -0.2) is 23.5 Å². The Hall–Kier alpha value is -2.69. The van der Waals surface area contributed by atoms with E-state index in [0.29, 0.717) is 24.5 Å². The lowest BCUT2D eigenvalue weighted by Gasteiger charge is -2.50. The van der Waals surface area contributed by atoms with Crippen molar-refractivity contribution in [2.45, 2.75) is 25.4 Å². The molecule has 0 saturated carbocycles. The first-order chi connectivity index (χ1) is 15.1. The van der Waals surface area contributed by atoms with Crippen LogP contribution in [0.4, 0.5) is 0 Å². The maximum absolute atomic E-state index is 12.7. The first kappa shape index (κ1) is 24.0. The number of aromatic nitrogens is 3. The third kappa shape index (κ3) is 4.87. The largest absolute Gasteiger partial charge is 0.354 e. The predicted octanol–water partition coefficient (Wildman–Crippen LogP) is 1.99. The minimum atomic E-state index is -1.32. The van der Waals surface area contributed by atoms with Crippen molar-refractivity contribution in [1.29, 1.82) is 0 Å². The van der Waals surface area contributed by atoms with Crippen LogP contribution in [-0.2, 0) is 15.8 Å². The molecular weight excluding hydrogens is 452 g/mol. The van der Waals surface area contributed by atoms with E-state index in [-0.39, 0.29) is 22.7 Å². The lowest BCUT2D eigenvalue weighted by atomic mass is 9.94. The van der Waals surface area contributed by atoms with Crippen LogP contribution in [-0.4, -0.2) is 72.1 Å². The minimum absolute atomic E-state index is 0.193. The van der Waals surface area contributed by atoms with Crippen molar-refractivity contribution in [1.82, 2.24) is 29.5 Å². The molecule has 0 spiro atoms. The van der Waals surface area contributed by atoms with E-state index in [0.717, 1.165) is 5.56 Å². The molecule has 0 radical (unpaired) electrons. The molecule has 0 aliphatic carbocycles. The van der Waals surface area contributed by atoms with E-state index in [1.54, 1.807) is 23.3 Å². The van der Waals surface area contributed by atoms with Crippen molar-refractivity contribution < 1.29 is 13.8 Å². The number of hydrogen-bond acceptors (Lipinski definition) is 6. The van der Waals surface area contributed by atoms with Crippen molar-refractivity contribution >= 4 is 34.4 Å². The number of piperazine rings is 1. The third-order valence-corrected chi connectivity index (χ3v) is 6.70. The summed E-state index contributed by atoms with van der Waals surface area (Å²) in [7, 11) is 0.191. The van der Waals surface area contributed by atoms with E-state index in [4.69, 9.17) is 11.6 Å². The van der Waals surface area contributed by atoms with Gasteiger partial charge in [-0.15, -0.1) is 0 Å². The summed E-state index contributed by atoms with van der Waals surface area (Å²) in [6, 6.07) is 4.58. The summed E-state index contributed by atoms with van der Waals surface area (Å²) in [5.41, 5.74) is 1.20. The zero-order valence-corrected chi connectivity index (χ0v) is 19.9. The topological polar surface area (TPSA) is 108 Å². The Bertz CT molecular complexity index is 1090. The summed E-state index contributed by atoms with van der Waals surface area (Å²) in [6.07, 6.45) is 4.17. The van der Waals surface area contributed by atoms with Gasteiger partial charge in [0, 0.05) is 31.9 Å². The van der Waals surface area contributed by atoms with Crippen molar-refractivity contribution in [3.8, 4) is 11.4 Å². The molecule has 170 valence electrons. The number of nitrogens with one attached hydrogen (secondary N) is 1. The number of nitrogens with zero attached hydrogens (tertiary/aromatic N) is 5. The second-order valence-electron chi connectivity index (χ2n) is 7.98. The van der Waals surface area contributed by atoms with Gasteiger partial charge in [0.25, 0.3) is 5.91 Å². The molecule has 2 amide bonds. The molecule has 0 aromatic carbocycles. The fraction of sp³-hybridized carbons (Fsp3) is 0.381. The minimum Gasteiger partial charge on any atom is -0.354 e. The molecule has 2 aromatic rings. The second-order valence-corrected chi connectivity index (χ2v) is 9.60. The number of halogens is 1. The van der Waals surface area contributed by atoms with Crippen molar-refractivity contribution in [3.63, 3.8) is 0 Å². The molecule has 1 fully saturated rings. The number of carbonyl (C=O) groups excluding carboxylic acids is 2. The van der Waals surface area contributed by atoms with Crippen molar-refractivity contribution in [3.05, 3.63) is 53.6 Å². The normalized spacial score (nSPS) is 19.3. The van der Waals surface area contributed by atoms with Gasteiger partial charge < -0.3 is 10.2 Å². The molecule has 1 aliphatic rings. The molecule has 32 heavy (non-hydrogen) atoms. The van der Waals surface area contributed by atoms with Crippen LogP contribution in [0.2, 0.25) is 5.15 Å². The van der Waals surface area contributed by atoms with E-state index < -0.39 is 22.6 Å². The van der Waals surface area contributed by atoms with Crippen molar-refractivity contribution in [2.24, 2.45) is 0 Å². The van der Waals surface area contributed by atoms with Crippen LogP contribution < -0.4 is 5.32 Å². The highest BCUT2D eigenvalue weighted by Gasteiger charge is 2.44. The fourth-order valence-corrected chi connectivity index (χ4v) is 5.48. The van der Waals surface area contributed by atoms with Gasteiger partial charge in [-0.3, -0.25) is 9.59 Å². The Morgan fingerprint density at radius 2 is 2.00 bits per heavy atom. The van der Waals surface area contributed by atoms with E-state index in [9.17, 15) is 13.8 Å². The highest BCUT2D eigenvalue weighted by Crippen LogP contribution is 2.37. The van der Waals surface area contributed by atoms with Gasteiger partial charge >= 0.3 is 0 Å². The van der Waals surface area contributed by atoms with Gasteiger partial charge in [-0.2, -0.15) is 0 Å². The Labute approximate surface area is 194 Å². The molecule has 9 nitrogen and oxygen atoms in total. The van der Waals surface area contributed by atoms with Crippen LogP contribution in [0.3, 0.4) is 0 Å². The number of pyridine rings is 1. The number of amides is 2. The highest BCUT2D eigenvalue weighted by atomic mass is 35.5. The number of hydrogen-bond donors (Lipinski definition) is 1. The van der Waals surface area contributed by atoms with E-state index >= 15 is 0 Å². The van der Waals surface area contributed by atoms with Crippen LogP contribution in [0.1, 0.15) is 35.9 Å². The Kier molecular flexibility index (Phi) is 7.06. The lowest BCUT2D eigenvalue weighted by Crippen LogP contribution is -2.61. The summed E-state index contributed by atoms with van der Waals surface area (Å²) in [6.45, 7) is 8.18. The zero-order chi connectivity index (χ0) is 23.6. The van der Waals surface area contributed by atoms with E-state index in [2.05, 4.69) is 26.8 Å². The average molecular weight is 477 g/mol. The maximum atomic E-state index is 12.7. The predicted molar refractivity (Wildman–Crippen MR) is 123 cm³/mol. The van der Waals surface area contributed by atoms with Gasteiger partial charge in [0.05, 0.1) is 28.4 Å². The smallest absolute Gasteiger partial charge is 0.269 e. The van der Waals surface area contributed by atoms with Crippen LogP contribution in [0.15, 0.2) is 37.2 Å². The fourth-order valence-electron chi connectivity index (χ4n) is 3.96. The molecule has 11 heteroatoms. The molecule has 1 aliphatic heterocycles. The molecule has 2 aromatic heterocycles. The summed E-state index contributed by atoms with van der Waals surface area (Å²) in [4.78, 5) is 38.6. The average Bonchev–Trinajstić information content (AvgIpc) is 2.76. The van der Waals surface area contributed by atoms with Gasteiger partial charge in [-0.1, -0.05) is 18.2 Å². The van der Waals surface area contributed by atoms with Gasteiger partial charge in [-0.05, 0) is 43.7 Å². The zero-order valence-electron chi connectivity index (χ0n) is 18.3. The van der Waals surface area contributed by atoms with Gasteiger partial charge in [0.15, 0.2) is 0 Å². The van der Waals surface area contributed by atoms with Crippen LogP contribution in [0.5, 0.6) is 0 Å². The quantitative estimate of drug-likeness (QED) is 0.522. The first-order valence-electron chi connectivity index (χ1n) is 9.83. The highest BCUT2D eigenvalue weighted by molar-refractivity contribution is 7.81. The molecule has 1 N–H and O–H groups in total. The molecule has 0 bridgehead atoms. The third-order valence-electron chi connectivity index (χ3n) is 5.20. The molecule has 1 saturated heterocycles. The maximum Gasteiger partial charge on any atom is 0.269 e. The Morgan fingerprint density at radius 1 is 1.28 bits per heavy atom. The number of carbonyl (C=O) groups is 2. The first-order valence-corrected chi connectivity index (χ1v) is 11.7. The van der Waals surface area contributed by atoms with Gasteiger partial charge in [0.2, 0.25) is 5.91 Å². The van der Waals surface area contributed by atoms with E-state index in [1.807, 2.05) is 18.2 Å². The van der Waals surface area contributed by atoms with Crippen LogP contribution >= 0.6 is 11.6 Å². The number of rotatable bonds is 5. The lowest BCUT2D eigenvalue weighted by molar-refractivity contribution is -0.131. The van der Waals surface area contributed by atoms with E-state index in [1.165, 1.54) is 25.5 Å². The molecule has 2 atom stereocenters. The Balaban J connectivity index is 2.10. The molecular formula is C21H25ClN6O3S. The summed E-state index contributed by atoms with van der Waals surface area (Å²) in [5, 5.41) is 2.73. The van der Waals surface area contributed by atoms with Crippen LogP contribution in [0, 0.1) is 0 Å². The standard InChI is InChI=1S/C21H25ClN6O3S/c1-6-19(29)27-10-17(28(32(5)31)21(2,3)11-27)13-7-15(26-18(22)8-13)14-9-16(20(30)23-4)25-12-24-14/h6-9,12,17H,1,10-11H2,2-5H3,(H,23,30). The molecule has 3 heterocycles.